The Balaban J connectivity index is 3.27. The fourth-order valence-electron chi connectivity index (χ4n) is 1.12. The average Bonchev–Trinajstić information content (AvgIpc) is 2.16. The van der Waals surface area contributed by atoms with Crippen molar-refractivity contribution in [3.63, 3.8) is 0 Å². The molecule has 0 aliphatic carbocycles. The van der Waals surface area contributed by atoms with Crippen LogP contribution in [0.1, 0.15) is 32.6 Å². The maximum Gasteiger partial charge on any atom is 0.222 e. The molecule has 0 saturated heterocycles. The van der Waals surface area contributed by atoms with Gasteiger partial charge in [-0.15, -0.1) is 0 Å². The largest absolute Gasteiger partial charge is 0.346 e. The van der Waals surface area contributed by atoms with Crippen LogP contribution in [0.15, 0.2) is 0 Å². The molecule has 0 spiro atoms. The first-order valence-electron chi connectivity index (χ1n) is 5.11. The summed E-state index contributed by atoms with van der Waals surface area (Å²) < 4.78 is 0. The lowest BCUT2D eigenvalue weighted by Crippen LogP contribution is -2.25. The Bertz CT molecular complexity index is 137. The van der Waals surface area contributed by atoms with Crippen LogP contribution in [0.2, 0.25) is 0 Å². The van der Waals surface area contributed by atoms with E-state index in [4.69, 9.17) is 0 Å². The molecule has 3 nitrogen and oxygen atoms in total. The van der Waals surface area contributed by atoms with Crippen LogP contribution in [0.25, 0.3) is 0 Å². The highest BCUT2D eigenvalue weighted by molar-refractivity contribution is 5.75. The Hall–Kier alpha value is -0.570. The van der Waals surface area contributed by atoms with Crippen molar-refractivity contribution in [3.05, 3.63) is 0 Å². The van der Waals surface area contributed by atoms with Crippen LogP contribution < -0.4 is 5.32 Å². The Morgan fingerprint density at radius 3 is 2.54 bits per heavy atom. The third-order valence-corrected chi connectivity index (χ3v) is 2.22. The van der Waals surface area contributed by atoms with Gasteiger partial charge in [0.05, 0.1) is 0 Å². The predicted octanol–water partition coefficient (Wildman–Crippen LogP) is 1.24. The number of rotatable bonds is 7. The number of carbonyl (C=O) groups is 1. The third-order valence-electron chi connectivity index (χ3n) is 2.22. The van der Waals surface area contributed by atoms with E-state index in [1.54, 1.807) is 4.90 Å². The highest BCUT2D eigenvalue weighted by Crippen LogP contribution is 2.01. The van der Waals surface area contributed by atoms with Gasteiger partial charge >= 0.3 is 0 Å². The second-order valence-electron chi connectivity index (χ2n) is 3.32. The summed E-state index contributed by atoms with van der Waals surface area (Å²) in [4.78, 5) is 13.1. The zero-order valence-electron chi connectivity index (χ0n) is 9.10. The van der Waals surface area contributed by atoms with Crippen LogP contribution in [0, 0.1) is 0 Å². The number of amides is 1. The first kappa shape index (κ1) is 12.4. The summed E-state index contributed by atoms with van der Waals surface area (Å²) in [6, 6.07) is 0. The molecule has 1 amide bonds. The summed E-state index contributed by atoms with van der Waals surface area (Å²) in [7, 11) is 3.81. The number of nitrogens with zero attached hydrogens (tertiary/aromatic N) is 1. The van der Waals surface area contributed by atoms with E-state index in [1.807, 2.05) is 21.0 Å². The van der Waals surface area contributed by atoms with E-state index in [0.29, 0.717) is 6.42 Å². The molecule has 0 radical (unpaired) electrons. The normalized spacial score (nSPS) is 10.1. The molecular weight excluding hydrogens is 164 g/mol. The van der Waals surface area contributed by atoms with Crippen molar-refractivity contribution < 1.29 is 4.79 Å². The number of nitrogens with one attached hydrogen (secondary N) is 1. The van der Waals surface area contributed by atoms with E-state index in [2.05, 4.69) is 5.32 Å². The first-order chi connectivity index (χ1) is 6.22. The zero-order valence-corrected chi connectivity index (χ0v) is 9.10. The van der Waals surface area contributed by atoms with Crippen LogP contribution in [-0.4, -0.2) is 38.0 Å². The highest BCUT2D eigenvalue weighted by atomic mass is 16.2. The minimum atomic E-state index is 0.270. The van der Waals surface area contributed by atoms with E-state index in [-0.39, 0.29) is 5.91 Å². The quantitative estimate of drug-likeness (QED) is 0.607. The molecule has 0 atom stereocenters. The fraction of sp³-hybridized carbons (Fsp3) is 0.900. The van der Waals surface area contributed by atoms with Crippen molar-refractivity contribution in [2.75, 3.05) is 27.2 Å². The number of hydrogen-bond donors (Lipinski definition) is 1. The standard InChI is InChI=1S/C10H22N2O/c1-4-12(3)10(13)8-6-5-7-9-11-2/h11H,4-9H2,1-3H3. The molecule has 0 unspecified atom stereocenters. The fourth-order valence-corrected chi connectivity index (χ4v) is 1.12. The van der Waals surface area contributed by atoms with E-state index in [0.717, 1.165) is 25.9 Å². The lowest BCUT2D eigenvalue weighted by Gasteiger charge is -2.13. The Kier molecular flexibility index (Phi) is 7.69. The lowest BCUT2D eigenvalue weighted by atomic mass is 10.2. The Labute approximate surface area is 81.5 Å². The maximum absolute atomic E-state index is 11.3. The molecule has 0 aliphatic rings. The van der Waals surface area contributed by atoms with E-state index < -0.39 is 0 Å². The molecule has 0 aromatic carbocycles. The van der Waals surface area contributed by atoms with Gasteiger partial charge in [0.1, 0.15) is 0 Å². The second kappa shape index (κ2) is 8.05. The van der Waals surface area contributed by atoms with Gasteiger partial charge in [-0.05, 0) is 33.4 Å². The molecule has 3 heteroatoms. The smallest absolute Gasteiger partial charge is 0.222 e. The van der Waals surface area contributed by atoms with Gasteiger partial charge in [-0.2, -0.15) is 0 Å². The van der Waals surface area contributed by atoms with Crippen LogP contribution in [0.5, 0.6) is 0 Å². The minimum Gasteiger partial charge on any atom is -0.346 e. The van der Waals surface area contributed by atoms with Crippen molar-refractivity contribution >= 4 is 5.91 Å². The molecule has 0 aromatic heterocycles. The molecule has 0 bridgehead atoms. The number of carbonyl (C=O) groups excluding carboxylic acids is 1. The van der Waals surface area contributed by atoms with Crippen molar-refractivity contribution in [3.8, 4) is 0 Å². The lowest BCUT2D eigenvalue weighted by molar-refractivity contribution is -0.129. The van der Waals surface area contributed by atoms with Gasteiger partial charge in [-0.1, -0.05) is 6.42 Å². The molecule has 13 heavy (non-hydrogen) atoms. The summed E-state index contributed by atoms with van der Waals surface area (Å²) >= 11 is 0. The van der Waals surface area contributed by atoms with Crippen LogP contribution in [-0.2, 0) is 4.79 Å². The predicted molar refractivity (Wildman–Crippen MR) is 55.7 cm³/mol. The van der Waals surface area contributed by atoms with Gasteiger partial charge in [0.25, 0.3) is 0 Å². The van der Waals surface area contributed by atoms with Crippen LogP contribution in [0.4, 0.5) is 0 Å². The Morgan fingerprint density at radius 2 is 2.00 bits per heavy atom. The molecule has 1 N–H and O–H groups in total. The average molecular weight is 186 g/mol. The minimum absolute atomic E-state index is 0.270. The second-order valence-corrected chi connectivity index (χ2v) is 3.32. The van der Waals surface area contributed by atoms with Gasteiger partial charge in [0, 0.05) is 20.0 Å². The molecule has 0 heterocycles. The zero-order chi connectivity index (χ0) is 10.1. The molecule has 0 fully saturated rings. The number of hydrogen-bond acceptors (Lipinski definition) is 2. The van der Waals surface area contributed by atoms with Gasteiger partial charge in [0.2, 0.25) is 5.91 Å². The van der Waals surface area contributed by atoms with Crippen LogP contribution >= 0.6 is 0 Å². The molecule has 0 aliphatic heterocycles. The molecule has 0 saturated carbocycles. The van der Waals surface area contributed by atoms with Gasteiger partial charge in [0.15, 0.2) is 0 Å². The van der Waals surface area contributed by atoms with Gasteiger partial charge < -0.3 is 10.2 Å². The third kappa shape index (κ3) is 6.58. The molecule has 0 rings (SSSR count). The topological polar surface area (TPSA) is 32.3 Å². The summed E-state index contributed by atoms with van der Waals surface area (Å²) in [6.07, 6.45) is 4.03. The van der Waals surface area contributed by atoms with E-state index in [9.17, 15) is 4.79 Å². The van der Waals surface area contributed by atoms with Crippen molar-refractivity contribution in [1.82, 2.24) is 10.2 Å². The monoisotopic (exact) mass is 186 g/mol. The summed E-state index contributed by atoms with van der Waals surface area (Å²) in [6.45, 7) is 3.87. The van der Waals surface area contributed by atoms with Crippen molar-refractivity contribution in [2.24, 2.45) is 0 Å². The van der Waals surface area contributed by atoms with Gasteiger partial charge in [-0.25, -0.2) is 0 Å². The van der Waals surface area contributed by atoms with Crippen LogP contribution in [0.3, 0.4) is 0 Å². The van der Waals surface area contributed by atoms with E-state index >= 15 is 0 Å². The highest BCUT2D eigenvalue weighted by Gasteiger charge is 2.04. The number of unbranched alkanes of at least 4 members (excludes halogenated alkanes) is 2. The van der Waals surface area contributed by atoms with E-state index in [1.165, 1.54) is 6.42 Å². The first-order valence-corrected chi connectivity index (χ1v) is 5.11. The molecular formula is C10H22N2O. The Morgan fingerprint density at radius 1 is 1.31 bits per heavy atom. The summed E-state index contributed by atoms with van der Waals surface area (Å²) in [5.41, 5.74) is 0. The molecule has 0 aromatic rings. The van der Waals surface area contributed by atoms with Crippen molar-refractivity contribution in [1.29, 1.82) is 0 Å². The SMILES string of the molecule is CCN(C)C(=O)CCCCCNC. The summed E-state index contributed by atoms with van der Waals surface area (Å²) in [5, 5.41) is 3.09. The maximum atomic E-state index is 11.3. The van der Waals surface area contributed by atoms with Crippen molar-refractivity contribution in [2.45, 2.75) is 32.6 Å². The molecule has 78 valence electrons. The van der Waals surface area contributed by atoms with Gasteiger partial charge in [-0.3, -0.25) is 4.79 Å². The summed E-state index contributed by atoms with van der Waals surface area (Å²) in [5.74, 6) is 0.270.